The van der Waals surface area contributed by atoms with Crippen molar-refractivity contribution < 1.29 is 28.6 Å². The van der Waals surface area contributed by atoms with Crippen LogP contribution in [0, 0.1) is 0 Å². The largest absolute Gasteiger partial charge is 0.462 e. The monoisotopic (exact) mass is 927 g/mol. The Morgan fingerprint density at radius 3 is 1.10 bits per heavy atom. The second kappa shape index (κ2) is 54.4. The molecule has 0 aromatic rings. The molecule has 0 N–H and O–H groups in total. The summed E-state index contributed by atoms with van der Waals surface area (Å²) in [4.78, 5) is 38.1. The first-order valence-corrected chi connectivity index (χ1v) is 27.1. The van der Waals surface area contributed by atoms with E-state index in [1.54, 1.807) is 0 Å². The van der Waals surface area contributed by atoms with Crippen molar-refractivity contribution in [3.05, 3.63) is 122 Å². The summed E-state index contributed by atoms with van der Waals surface area (Å²) < 4.78 is 16.8. The first kappa shape index (κ1) is 62.8. The molecule has 0 aromatic heterocycles. The van der Waals surface area contributed by atoms with Crippen molar-refractivity contribution in [2.24, 2.45) is 0 Å². The molecule has 0 heterocycles. The Labute approximate surface area is 412 Å². The van der Waals surface area contributed by atoms with Crippen LogP contribution in [0.15, 0.2) is 122 Å². The topological polar surface area (TPSA) is 78.9 Å². The van der Waals surface area contributed by atoms with Gasteiger partial charge in [-0.2, -0.15) is 0 Å². The normalized spacial score (nSPS) is 13.1. The quantitative estimate of drug-likeness (QED) is 0.0199. The highest BCUT2D eigenvalue weighted by atomic mass is 16.6. The molecule has 0 saturated heterocycles. The van der Waals surface area contributed by atoms with Gasteiger partial charge in [0.05, 0.1) is 0 Å². The van der Waals surface area contributed by atoms with Crippen LogP contribution in [0.3, 0.4) is 0 Å². The van der Waals surface area contributed by atoms with Gasteiger partial charge >= 0.3 is 17.9 Å². The van der Waals surface area contributed by atoms with Crippen molar-refractivity contribution in [2.75, 3.05) is 13.2 Å². The summed E-state index contributed by atoms with van der Waals surface area (Å²) in [5.41, 5.74) is 0. The molecule has 1 atom stereocenters. The molecule has 0 saturated carbocycles. The molecule has 0 aromatic carbocycles. The molecule has 6 nitrogen and oxygen atoms in total. The highest BCUT2D eigenvalue weighted by Gasteiger charge is 2.19. The Kier molecular flexibility index (Phi) is 51.0. The van der Waals surface area contributed by atoms with Crippen LogP contribution in [0.4, 0.5) is 0 Å². The van der Waals surface area contributed by atoms with Crippen LogP contribution in [0.2, 0.25) is 0 Å². The average molecular weight is 927 g/mol. The van der Waals surface area contributed by atoms with Crippen LogP contribution in [0.5, 0.6) is 0 Å². The number of unbranched alkanes of at least 4 members (excludes halogenated alkanes) is 19. The van der Waals surface area contributed by atoms with E-state index in [-0.39, 0.29) is 31.1 Å². The van der Waals surface area contributed by atoms with Gasteiger partial charge < -0.3 is 14.2 Å². The number of esters is 3. The lowest BCUT2D eigenvalue weighted by Gasteiger charge is -2.18. The Morgan fingerprint density at radius 2 is 0.657 bits per heavy atom. The van der Waals surface area contributed by atoms with E-state index in [4.69, 9.17) is 14.2 Å². The Balaban J connectivity index is 4.48. The Hall–Kier alpha value is -4.19. The molecule has 0 amide bonds. The maximum Gasteiger partial charge on any atom is 0.306 e. The zero-order chi connectivity index (χ0) is 48.6. The summed E-state index contributed by atoms with van der Waals surface area (Å²) in [5, 5.41) is 0. The van der Waals surface area contributed by atoms with Gasteiger partial charge in [0.1, 0.15) is 13.2 Å². The van der Waals surface area contributed by atoms with Gasteiger partial charge in [-0.1, -0.05) is 219 Å². The summed E-state index contributed by atoms with van der Waals surface area (Å²) in [7, 11) is 0. The maximum atomic E-state index is 12.8. The lowest BCUT2D eigenvalue weighted by molar-refractivity contribution is -0.167. The van der Waals surface area contributed by atoms with Crippen molar-refractivity contribution >= 4 is 17.9 Å². The van der Waals surface area contributed by atoms with Crippen molar-refractivity contribution in [3.8, 4) is 0 Å². The molecule has 0 radical (unpaired) electrons. The predicted octanol–water partition coefficient (Wildman–Crippen LogP) is 18.1. The minimum absolute atomic E-state index is 0.105. The fraction of sp³-hybridized carbons (Fsp3) is 0.623. The van der Waals surface area contributed by atoms with Crippen LogP contribution in [0.25, 0.3) is 0 Å². The van der Waals surface area contributed by atoms with Crippen molar-refractivity contribution in [1.29, 1.82) is 0 Å². The molecular formula is C61H98O6. The number of hydrogen-bond donors (Lipinski definition) is 0. The fourth-order valence-corrected chi connectivity index (χ4v) is 7.00. The van der Waals surface area contributed by atoms with Crippen LogP contribution < -0.4 is 0 Å². The lowest BCUT2D eigenvalue weighted by Crippen LogP contribution is -2.30. The van der Waals surface area contributed by atoms with E-state index in [1.165, 1.54) is 64.2 Å². The van der Waals surface area contributed by atoms with E-state index in [2.05, 4.69) is 106 Å². The van der Waals surface area contributed by atoms with Crippen LogP contribution >= 0.6 is 0 Å². The van der Waals surface area contributed by atoms with Gasteiger partial charge in [-0.05, 0) is 109 Å². The fourth-order valence-electron chi connectivity index (χ4n) is 7.00. The maximum absolute atomic E-state index is 12.8. The van der Waals surface area contributed by atoms with Gasteiger partial charge in [0.15, 0.2) is 6.10 Å². The molecule has 0 spiro atoms. The average Bonchev–Trinajstić information content (AvgIpc) is 3.33. The third-order valence-corrected chi connectivity index (χ3v) is 11.0. The van der Waals surface area contributed by atoms with Gasteiger partial charge in [0.25, 0.3) is 0 Å². The van der Waals surface area contributed by atoms with E-state index < -0.39 is 6.10 Å². The van der Waals surface area contributed by atoms with Crippen LogP contribution in [-0.4, -0.2) is 37.2 Å². The van der Waals surface area contributed by atoms with Gasteiger partial charge in [-0.25, -0.2) is 0 Å². The number of allylic oxidation sites excluding steroid dienone is 20. The number of ether oxygens (including phenoxy) is 3. The van der Waals surface area contributed by atoms with E-state index in [9.17, 15) is 14.4 Å². The number of rotatable bonds is 47. The molecule has 0 fully saturated rings. The molecule has 1 unspecified atom stereocenters. The zero-order valence-electron chi connectivity index (χ0n) is 43.1. The summed E-state index contributed by atoms with van der Waals surface area (Å²) in [6.45, 7) is 6.30. The van der Waals surface area contributed by atoms with Crippen molar-refractivity contribution in [1.82, 2.24) is 0 Å². The first-order valence-electron chi connectivity index (χ1n) is 27.1. The molecule has 378 valence electrons. The highest BCUT2D eigenvalue weighted by molar-refractivity contribution is 5.71. The third kappa shape index (κ3) is 52.6. The zero-order valence-corrected chi connectivity index (χ0v) is 43.1. The SMILES string of the molecule is CC/C=C/C=C/C=C/C=C/CCCCCC(=O)OCC(COC(=O)CCCCCCCC/C=C/C/C=C/C/C=C/C/C=C/CC)OC(=O)CCCCCCCCC/C=C/C/C=C/CCCCC. The lowest BCUT2D eigenvalue weighted by atomic mass is 10.1. The van der Waals surface area contributed by atoms with E-state index >= 15 is 0 Å². The van der Waals surface area contributed by atoms with E-state index in [0.29, 0.717) is 19.3 Å². The Bertz CT molecular complexity index is 1440. The summed E-state index contributed by atoms with van der Waals surface area (Å²) >= 11 is 0. The van der Waals surface area contributed by atoms with Crippen molar-refractivity contribution in [3.63, 3.8) is 0 Å². The van der Waals surface area contributed by atoms with Crippen molar-refractivity contribution in [2.45, 2.75) is 232 Å². The van der Waals surface area contributed by atoms with Gasteiger partial charge in [0.2, 0.25) is 0 Å². The molecular weight excluding hydrogens is 829 g/mol. The van der Waals surface area contributed by atoms with E-state index in [0.717, 1.165) is 122 Å². The smallest absolute Gasteiger partial charge is 0.306 e. The van der Waals surface area contributed by atoms with Gasteiger partial charge in [-0.15, -0.1) is 0 Å². The number of carbonyl (C=O) groups excluding carboxylic acids is 3. The first-order chi connectivity index (χ1) is 33.0. The second-order valence-electron chi connectivity index (χ2n) is 17.5. The molecule has 6 heteroatoms. The molecule has 67 heavy (non-hydrogen) atoms. The third-order valence-electron chi connectivity index (χ3n) is 11.0. The minimum Gasteiger partial charge on any atom is -0.462 e. The minimum atomic E-state index is -0.808. The summed E-state index contributed by atoms with van der Waals surface area (Å²) in [6.07, 6.45) is 74.7. The molecule has 0 aliphatic heterocycles. The van der Waals surface area contributed by atoms with Crippen LogP contribution in [-0.2, 0) is 28.6 Å². The summed E-state index contributed by atoms with van der Waals surface area (Å²) in [6, 6.07) is 0. The summed E-state index contributed by atoms with van der Waals surface area (Å²) in [5.74, 6) is -0.971. The highest BCUT2D eigenvalue weighted by Crippen LogP contribution is 2.14. The molecule has 0 aliphatic rings. The molecule has 0 aliphatic carbocycles. The number of carbonyl (C=O) groups is 3. The number of hydrogen-bond acceptors (Lipinski definition) is 6. The van der Waals surface area contributed by atoms with E-state index in [1.807, 2.05) is 36.5 Å². The standard InChI is InChI=1S/C61H98O6/c1-4-7-10-13-16-19-22-25-27-29-30-32-33-36-39-42-45-48-51-54-60(63)66-57-58(56-65-59(62)53-50-47-44-41-38-35-24-21-18-15-12-9-6-3)67-61(64)55-52-49-46-43-40-37-34-31-28-26-23-20-17-14-11-8-5-2/h7,9-10,12,15-21,24-28,30,32,35,38,58H,4-6,8,11,13-14,22-23,29,31,33-34,36-37,39-57H2,1-3H3/b10-7+,12-9+,18-15+,19-16+,20-17+,24-21+,27-25+,28-26+,32-30+,38-35+. The molecule has 0 rings (SSSR count). The van der Waals surface area contributed by atoms with Gasteiger partial charge in [0, 0.05) is 19.3 Å². The predicted molar refractivity (Wildman–Crippen MR) is 288 cm³/mol. The van der Waals surface area contributed by atoms with Gasteiger partial charge in [-0.3, -0.25) is 14.4 Å². The van der Waals surface area contributed by atoms with Crippen LogP contribution in [0.1, 0.15) is 226 Å². The second-order valence-corrected chi connectivity index (χ2v) is 17.5. The molecule has 0 bridgehead atoms. The Morgan fingerprint density at radius 1 is 0.328 bits per heavy atom.